The van der Waals surface area contributed by atoms with E-state index < -0.39 is 17.7 Å². The number of halogens is 3. The maximum Gasteiger partial charge on any atom is 0.416 e. The average molecular weight is 476 g/mol. The van der Waals surface area contributed by atoms with Crippen molar-refractivity contribution in [2.24, 2.45) is 0 Å². The van der Waals surface area contributed by atoms with Crippen molar-refractivity contribution in [2.75, 3.05) is 0 Å². The highest BCUT2D eigenvalue weighted by molar-refractivity contribution is 7.12. The van der Waals surface area contributed by atoms with Gasteiger partial charge in [0, 0.05) is 9.75 Å². The predicted octanol–water partition coefficient (Wildman–Crippen LogP) is 6.47. The summed E-state index contributed by atoms with van der Waals surface area (Å²) < 4.78 is 38.6. The van der Waals surface area contributed by atoms with Gasteiger partial charge >= 0.3 is 12.1 Å². The van der Waals surface area contributed by atoms with Crippen LogP contribution < -0.4 is 5.32 Å². The van der Waals surface area contributed by atoms with Gasteiger partial charge in [0.25, 0.3) is 5.91 Å². The minimum absolute atomic E-state index is 0.209. The van der Waals surface area contributed by atoms with Gasteiger partial charge in [-0.05, 0) is 74.6 Å². The number of aromatic carboxylic acids is 1. The summed E-state index contributed by atoms with van der Waals surface area (Å²) >= 11 is 1.48. The van der Waals surface area contributed by atoms with Gasteiger partial charge < -0.3 is 10.4 Å². The van der Waals surface area contributed by atoms with Crippen LogP contribution in [-0.2, 0) is 12.6 Å². The van der Waals surface area contributed by atoms with Crippen molar-refractivity contribution in [2.45, 2.75) is 46.3 Å². The fraction of sp³-hybridized carbons (Fsp3) is 0.280. The first-order valence-electron chi connectivity index (χ1n) is 10.3. The molecule has 1 aromatic heterocycles. The molecule has 8 heteroatoms. The van der Waals surface area contributed by atoms with Crippen LogP contribution in [0.4, 0.5) is 13.2 Å². The van der Waals surface area contributed by atoms with E-state index in [4.69, 9.17) is 0 Å². The maximum atomic E-state index is 13.2. The minimum Gasteiger partial charge on any atom is -0.478 e. The van der Waals surface area contributed by atoms with E-state index in [9.17, 15) is 27.9 Å². The van der Waals surface area contributed by atoms with E-state index in [1.54, 1.807) is 19.1 Å². The van der Waals surface area contributed by atoms with Crippen LogP contribution in [0.2, 0.25) is 0 Å². The number of carbonyl (C=O) groups is 2. The van der Waals surface area contributed by atoms with Crippen molar-refractivity contribution >= 4 is 23.2 Å². The molecule has 0 saturated carbocycles. The Morgan fingerprint density at radius 3 is 2.21 bits per heavy atom. The number of hydrogen-bond donors (Lipinski definition) is 2. The molecule has 2 N–H and O–H groups in total. The molecular weight excluding hydrogens is 451 g/mol. The Bertz CT molecular complexity index is 1200. The Labute approximate surface area is 194 Å². The van der Waals surface area contributed by atoms with Crippen molar-refractivity contribution in [1.29, 1.82) is 0 Å². The standard InChI is InChI=1S/C25H24F3NO3S/c1-13-11-18(7-10-20(13)24(31)32)14(2)29-23(30)22-16(4)33-15(3)21(22)12-17-5-8-19(9-6-17)25(26,27)28/h5-11,14H,12H2,1-4H3,(H,29,30)(H,31,32). The van der Waals surface area contributed by atoms with E-state index in [0.717, 1.165) is 33.0 Å². The van der Waals surface area contributed by atoms with E-state index in [1.807, 2.05) is 20.8 Å². The van der Waals surface area contributed by atoms with Gasteiger partial charge in [-0.1, -0.05) is 24.3 Å². The molecule has 0 radical (unpaired) electrons. The number of hydrogen-bond acceptors (Lipinski definition) is 3. The first kappa shape index (κ1) is 24.5. The summed E-state index contributed by atoms with van der Waals surface area (Å²) in [5.41, 5.74) is 2.89. The second-order valence-corrected chi connectivity index (χ2v) is 9.44. The first-order valence-corrected chi connectivity index (χ1v) is 11.1. The van der Waals surface area contributed by atoms with Crippen LogP contribution in [0.5, 0.6) is 0 Å². The summed E-state index contributed by atoms with van der Waals surface area (Å²) in [6.07, 6.45) is -4.05. The minimum atomic E-state index is -4.39. The molecule has 0 aliphatic heterocycles. The predicted molar refractivity (Wildman–Crippen MR) is 122 cm³/mol. The third kappa shape index (κ3) is 5.45. The molecule has 33 heavy (non-hydrogen) atoms. The van der Waals surface area contributed by atoms with Crippen LogP contribution in [0.15, 0.2) is 42.5 Å². The Morgan fingerprint density at radius 2 is 1.67 bits per heavy atom. The maximum absolute atomic E-state index is 13.2. The van der Waals surface area contributed by atoms with Crippen molar-refractivity contribution < 1.29 is 27.9 Å². The van der Waals surface area contributed by atoms with Crippen LogP contribution in [0.1, 0.15) is 71.3 Å². The number of benzene rings is 2. The third-order valence-corrected chi connectivity index (χ3v) is 6.67. The normalized spacial score (nSPS) is 12.5. The zero-order valence-electron chi connectivity index (χ0n) is 18.6. The third-order valence-electron chi connectivity index (χ3n) is 5.60. The number of thiophene rings is 1. The lowest BCUT2D eigenvalue weighted by molar-refractivity contribution is -0.137. The summed E-state index contributed by atoms with van der Waals surface area (Å²) in [6.45, 7) is 7.26. The van der Waals surface area contributed by atoms with Crippen LogP contribution in [0, 0.1) is 20.8 Å². The van der Waals surface area contributed by atoms with Crippen LogP contribution in [0.3, 0.4) is 0 Å². The largest absolute Gasteiger partial charge is 0.478 e. The summed E-state index contributed by atoms with van der Waals surface area (Å²) in [5.74, 6) is -1.28. The Morgan fingerprint density at radius 1 is 1.03 bits per heavy atom. The number of aryl methyl sites for hydroxylation is 3. The number of carboxylic acid groups (broad SMARTS) is 1. The monoisotopic (exact) mass is 475 g/mol. The Kier molecular flexibility index (Phi) is 6.97. The molecule has 1 unspecified atom stereocenters. The van der Waals surface area contributed by atoms with Crippen molar-refractivity contribution in [3.8, 4) is 0 Å². The van der Waals surface area contributed by atoms with E-state index in [-0.39, 0.29) is 17.5 Å². The summed E-state index contributed by atoms with van der Waals surface area (Å²) in [4.78, 5) is 26.2. The second kappa shape index (κ2) is 9.39. The lowest BCUT2D eigenvalue weighted by Gasteiger charge is -2.17. The molecule has 3 aromatic rings. The van der Waals surface area contributed by atoms with Crippen molar-refractivity contribution in [1.82, 2.24) is 5.32 Å². The molecule has 4 nitrogen and oxygen atoms in total. The van der Waals surface area contributed by atoms with E-state index in [2.05, 4.69) is 5.32 Å². The van der Waals surface area contributed by atoms with Gasteiger partial charge in [0.2, 0.25) is 0 Å². The van der Waals surface area contributed by atoms with Crippen molar-refractivity contribution in [3.63, 3.8) is 0 Å². The summed E-state index contributed by atoms with van der Waals surface area (Å²) in [5, 5.41) is 12.2. The molecule has 0 fully saturated rings. The SMILES string of the molecule is Cc1cc(C(C)NC(=O)c2c(C)sc(C)c2Cc2ccc(C(F)(F)F)cc2)ccc1C(=O)O. The number of amides is 1. The molecule has 0 bridgehead atoms. The Hall–Kier alpha value is -3.13. The second-order valence-electron chi connectivity index (χ2n) is 8.01. The molecular formula is C25H24F3NO3S. The summed E-state index contributed by atoms with van der Waals surface area (Å²) in [7, 11) is 0. The highest BCUT2D eigenvalue weighted by Gasteiger charge is 2.30. The van der Waals surface area contributed by atoms with Crippen LogP contribution >= 0.6 is 11.3 Å². The lowest BCUT2D eigenvalue weighted by atomic mass is 9.98. The first-order chi connectivity index (χ1) is 15.4. The van der Waals surface area contributed by atoms with Crippen molar-refractivity contribution in [3.05, 3.63) is 91.2 Å². The number of carboxylic acids is 1. The quantitative estimate of drug-likeness (QED) is 0.429. The van der Waals surface area contributed by atoms with Gasteiger partial charge in [-0.2, -0.15) is 13.2 Å². The average Bonchev–Trinajstić information content (AvgIpc) is 3.00. The van der Waals surface area contributed by atoms with E-state index >= 15 is 0 Å². The fourth-order valence-electron chi connectivity index (χ4n) is 3.80. The highest BCUT2D eigenvalue weighted by atomic mass is 32.1. The highest BCUT2D eigenvalue weighted by Crippen LogP contribution is 2.32. The molecule has 2 aromatic carbocycles. The van der Waals surface area contributed by atoms with Gasteiger partial charge in [0.1, 0.15) is 0 Å². The summed E-state index contributed by atoms with van der Waals surface area (Å²) in [6, 6.07) is 9.55. The molecule has 0 spiro atoms. The fourth-order valence-corrected chi connectivity index (χ4v) is 4.88. The van der Waals surface area contributed by atoms with Gasteiger partial charge in [0.05, 0.1) is 22.7 Å². The zero-order chi connectivity index (χ0) is 24.5. The topological polar surface area (TPSA) is 66.4 Å². The number of rotatable bonds is 6. The smallest absolute Gasteiger partial charge is 0.416 e. The molecule has 1 heterocycles. The van der Waals surface area contributed by atoms with E-state index in [0.29, 0.717) is 23.1 Å². The molecule has 174 valence electrons. The number of alkyl halides is 3. The Balaban J connectivity index is 1.83. The molecule has 1 atom stereocenters. The molecule has 3 rings (SSSR count). The number of carbonyl (C=O) groups excluding carboxylic acids is 1. The number of nitrogens with one attached hydrogen (secondary N) is 1. The zero-order valence-corrected chi connectivity index (χ0v) is 19.4. The molecule has 1 amide bonds. The van der Waals surface area contributed by atoms with Crippen LogP contribution in [-0.4, -0.2) is 17.0 Å². The van der Waals surface area contributed by atoms with E-state index in [1.165, 1.54) is 29.5 Å². The molecule has 0 saturated heterocycles. The van der Waals surface area contributed by atoms with Gasteiger partial charge in [-0.25, -0.2) is 4.79 Å². The molecule has 0 aliphatic rings. The van der Waals surface area contributed by atoms with Gasteiger partial charge in [-0.15, -0.1) is 11.3 Å². The van der Waals surface area contributed by atoms with Crippen LogP contribution in [0.25, 0.3) is 0 Å². The van der Waals surface area contributed by atoms with Gasteiger partial charge in [0.15, 0.2) is 0 Å². The lowest BCUT2D eigenvalue weighted by Crippen LogP contribution is -2.28. The van der Waals surface area contributed by atoms with Gasteiger partial charge in [-0.3, -0.25) is 4.79 Å². The molecule has 0 aliphatic carbocycles.